The Hall–Kier alpha value is -3.52. The highest BCUT2D eigenvalue weighted by atomic mass is 35.5. The summed E-state index contributed by atoms with van der Waals surface area (Å²) in [4.78, 5) is 38.4. The summed E-state index contributed by atoms with van der Waals surface area (Å²) < 4.78 is 16.7. The van der Waals surface area contributed by atoms with Gasteiger partial charge in [0.25, 0.3) is 11.8 Å². The average Bonchev–Trinajstić information content (AvgIpc) is 2.78. The molecule has 0 atom stereocenters. The molecule has 0 unspecified atom stereocenters. The number of barbiturate groups is 1. The van der Waals surface area contributed by atoms with E-state index in [-0.39, 0.29) is 17.2 Å². The third-order valence-corrected chi connectivity index (χ3v) is 4.83. The predicted molar refractivity (Wildman–Crippen MR) is 114 cm³/mol. The van der Waals surface area contributed by atoms with Crippen LogP contribution in [-0.2, 0) is 9.59 Å². The van der Waals surface area contributed by atoms with Gasteiger partial charge in [0.15, 0.2) is 11.5 Å². The van der Waals surface area contributed by atoms with E-state index in [0.29, 0.717) is 23.7 Å². The van der Waals surface area contributed by atoms with Crippen LogP contribution in [0, 0.1) is 0 Å². The van der Waals surface area contributed by atoms with Crippen molar-refractivity contribution < 1.29 is 28.6 Å². The Balaban J connectivity index is 1.77. The number of likely N-dealkylation sites (N-methyl/N-ethyl adjacent to an activating group) is 2. The fourth-order valence-corrected chi connectivity index (χ4v) is 3.20. The molecule has 1 fully saturated rings. The zero-order valence-electron chi connectivity index (χ0n) is 17.3. The summed E-state index contributed by atoms with van der Waals surface area (Å²) in [7, 11) is 4.07. The normalized spacial score (nSPS) is 14.1. The lowest BCUT2D eigenvalue weighted by Crippen LogP contribution is -2.52. The molecule has 0 aliphatic carbocycles. The van der Waals surface area contributed by atoms with Gasteiger partial charge in [-0.3, -0.25) is 19.4 Å². The fourth-order valence-electron chi connectivity index (χ4n) is 2.92. The lowest BCUT2D eigenvalue weighted by atomic mass is 10.1. The van der Waals surface area contributed by atoms with Crippen LogP contribution in [0.2, 0.25) is 5.02 Å². The molecule has 4 amide bonds. The topological polar surface area (TPSA) is 85.4 Å². The number of methoxy groups -OCH3 is 1. The van der Waals surface area contributed by atoms with Gasteiger partial charge in [0.1, 0.15) is 24.5 Å². The Bertz CT molecular complexity index is 1010. The second-order valence-corrected chi connectivity index (χ2v) is 7.02. The van der Waals surface area contributed by atoms with E-state index in [1.165, 1.54) is 27.3 Å². The molecule has 0 radical (unpaired) electrons. The molecule has 3 rings (SSSR count). The molecule has 0 spiro atoms. The highest BCUT2D eigenvalue weighted by Gasteiger charge is 2.37. The van der Waals surface area contributed by atoms with E-state index in [2.05, 4.69) is 0 Å². The number of halogens is 1. The van der Waals surface area contributed by atoms with Crippen LogP contribution in [-0.4, -0.2) is 62.1 Å². The van der Waals surface area contributed by atoms with Gasteiger partial charge >= 0.3 is 6.03 Å². The smallest absolute Gasteiger partial charge is 0.333 e. The number of hydrogen-bond donors (Lipinski definition) is 0. The Morgan fingerprint density at radius 1 is 0.935 bits per heavy atom. The van der Waals surface area contributed by atoms with Crippen molar-refractivity contribution in [2.75, 3.05) is 34.4 Å². The molecular formula is C22H21ClN2O6. The minimum atomic E-state index is -0.693. The number of benzene rings is 2. The zero-order chi connectivity index (χ0) is 22.5. The van der Waals surface area contributed by atoms with Crippen molar-refractivity contribution in [3.8, 4) is 17.2 Å². The molecule has 2 aromatic rings. The maximum Gasteiger partial charge on any atom is 0.333 e. The number of urea groups is 1. The van der Waals surface area contributed by atoms with Crippen LogP contribution in [0.3, 0.4) is 0 Å². The maximum atomic E-state index is 12.4. The SMILES string of the molecule is COc1cc(C=C2C(=O)N(C)C(=O)N(C)C2=O)cc(Cl)c1OCCOc1ccccc1. The van der Waals surface area contributed by atoms with E-state index in [4.69, 9.17) is 25.8 Å². The van der Waals surface area contributed by atoms with Gasteiger partial charge in [-0.2, -0.15) is 0 Å². The Morgan fingerprint density at radius 2 is 1.55 bits per heavy atom. The number of amides is 4. The monoisotopic (exact) mass is 444 g/mol. The first kappa shape index (κ1) is 22.2. The maximum absolute atomic E-state index is 12.4. The Labute approximate surface area is 184 Å². The van der Waals surface area contributed by atoms with Crippen LogP contribution in [0.1, 0.15) is 5.56 Å². The number of imide groups is 2. The quantitative estimate of drug-likeness (QED) is 0.370. The van der Waals surface area contributed by atoms with Crippen LogP contribution in [0.25, 0.3) is 6.08 Å². The molecule has 1 aliphatic rings. The minimum absolute atomic E-state index is 0.160. The molecule has 9 heteroatoms. The second kappa shape index (κ2) is 9.53. The van der Waals surface area contributed by atoms with E-state index in [1.807, 2.05) is 30.3 Å². The molecule has 31 heavy (non-hydrogen) atoms. The number of hydrogen-bond acceptors (Lipinski definition) is 6. The summed E-state index contributed by atoms with van der Waals surface area (Å²) >= 11 is 6.36. The zero-order valence-corrected chi connectivity index (χ0v) is 18.0. The van der Waals surface area contributed by atoms with Gasteiger partial charge in [0, 0.05) is 14.1 Å². The number of para-hydroxylation sites is 1. The molecule has 162 valence electrons. The molecule has 0 N–H and O–H groups in total. The van der Waals surface area contributed by atoms with Crippen LogP contribution >= 0.6 is 11.6 Å². The van der Waals surface area contributed by atoms with Gasteiger partial charge in [-0.05, 0) is 35.9 Å². The van der Waals surface area contributed by atoms with Crippen molar-refractivity contribution in [2.24, 2.45) is 0 Å². The highest BCUT2D eigenvalue weighted by molar-refractivity contribution is 6.33. The molecule has 2 aromatic carbocycles. The first-order chi connectivity index (χ1) is 14.8. The lowest BCUT2D eigenvalue weighted by Gasteiger charge is -2.28. The molecule has 0 aromatic heterocycles. The highest BCUT2D eigenvalue weighted by Crippen LogP contribution is 2.37. The molecule has 8 nitrogen and oxygen atoms in total. The largest absolute Gasteiger partial charge is 0.493 e. The average molecular weight is 445 g/mol. The van der Waals surface area contributed by atoms with Crippen LogP contribution in [0.5, 0.6) is 17.2 Å². The number of nitrogens with zero attached hydrogens (tertiary/aromatic N) is 2. The van der Waals surface area contributed by atoms with Gasteiger partial charge in [-0.1, -0.05) is 29.8 Å². The summed E-state index contributed by atoms with van der Waals surface area (Å²) in [6.45, 7) is 0.519. The summed E-state index contributed by atoms with van der Waals surface area (Å²) in [6.07, 6.45) is 1.36. The third-order valence-electron chi connectivity index (χ3n) is 4.55. The van der Waals surface area contributed by atoms with Gasteiger partial charge in [-0.15, -0.1) is 0 Å². The molecular weight excluding hydrogens is 424 g/mol. The van der Waals surface area contributed by atoms with Crippen LogP contribution < -0.4 is 14.2 Å². The van der Waals surface area contributed by atoms with E-state index < -0.39 is 17.8 Å². The standard InChI is InChI=1S/C22H21ClN2O6/c1-24-20(26)16(21(27)25(2)22(24)28)11-14-12-17(23)19(18(13-14)29-3)31-10-9-30-15-7-5-4-6-8-15/h4-8,11-13H,9-10H2,1-3H3. The summed E-state index contributed by atoms with van der Waals surface area (Å²) in [6, 6.07) is 11.8. The van der Waals surface area contributed by atoms with E-state index in [1.54, 1.807) is 12.1 Å². The van der Waals surface area contributed by atoms with Crippen molar-refractivity contribution in [1.29, 1.82) is 0 Å². The second-order valence-electron chi connectivity index (χ2n) is 6.61. The number of ether oxygens (including phenoxy) is 3. The summed E-state index contributed by atoms with van der Waals surface area (Å²) in [5.41, 5.74) is 0.287. The van der Waals surface area contributed by atoms with Gasteiger partial charge in [0.2, 0.25) is 0 Å². The molecule has 0 bridgehead atoms. The molecule has 1 heterocycles. The van der Waals surface area contributed by atoms with Crippen molar-refractivity contribution >= 4 is 35.5 Å². The first-order valence-electron chi connectivity index (χ1n) is 9.33. The number of carbonyl (C=O) groups excluding carboxylic acids is 3. The van der Waals surface area contributed by atoms with Crippen molar-refractivity contribution in [3.63, 3.8) is 0 Å². The van der Waals surface area contributed by atoms with Crippen molar-refractivity contribution in [3.05, 3.63) is 58.6 Å². The lowest BCUT2D eigenvalue weighted by molar-refractivity contribution is -0.134. The van der Waals surface area contributed by atoms with Gasteiger partial charge in [0.05, 0.1) is 12.1 Å². The summed E-state index contributed by atoms with van der Waals surface area (Å²) in [5, 5.41) is 0.236. The third kappa shape index (κ3) is 4.80. The first-order valence-corrected chi connectivity index (χ1v) is 9.71. The molecule has 1 aliphatic heterocycles. The fraction of sp³-hybridized carbons (Fsp3) is 0.227. The van der Waals surface area contributed by atoms with Gasteiger partial charge in [-0.25, -0.2) is 4.79 Å². The van der Waals surface area contributed by atoms with Crippen molar-refractivity contribution in [1.82, 2.24) is 9.80 Å². The Kier molecular flexibility index (Phi) is 6.81. The van der Waals surface area contributed by atoms with Crippen molar-refractivity contribution in [2.45, 2.75) is 0 Å². The Morgan fingerprint density at radius 3 is 2.16 bits per heavy atom. The van der Waals surface area contributed by atoms with E-state index in [9.17, 15) is 14.4 Å². The van der Waals surface area contributed by atoms with E-state index in [0.717, 1.165) is 15.5 Å². The van der Waals surface area contributed by atoms with E-state index >= 15 is 0 Å². The molecule has 0 saturated carbocycles. The van der Waals surface area contributed by atoms with Crippen LogP contribution in [0.15, 0.2) is 48.0 Å². The van der Waals surface area contributed by atoms with Gasteiger partial charge < -0.3 is 14.2 Å². The number of carbonyl (C=O) groups is 3. The van der Waals surface area contributed by atoms with Crippen LogP contribution in [0.4, 0.5) is 4.79 Å². The summed E-state index contributed by atoms with van der Waals surface area (Å²) in [5.74, 6) is -0.0224. The molecule has 1 saturated heterocycles. The number of rotatable bonds is 7. The minimum Gasteiger partial charge on any atom is -0.493 e. The predicted octanol–water partition coefficient (Wildman–Crippen LogP) is 3.24.